The summed E-state index contributed by atoms with van der Waals surface area (Å²) in [5.74, 6) is 0.953. The first-order valence-electron chi connectivity index (χ1n) is 13.2. The van der Waals surface area contributed by atoms with E-state index in [9.17, 15) is 4.79 Å². The summed E-state index contributed by atoms with van der Waals surface area (Å²) < 4.78 is 8.94. The van der Waals surface area contributed by atoms with Crippen LogP contribution in [0, 0.1) is 5.41 Å². The maximum atomic E-state index is 13.1. The van der Waals surface area contributed by atoms with E-state index in [-0.39, 0.29) is 17.0 Å². The summed E-state index contributed by atoms with van der Waals surface area (Å²) in [5, 5.41) is 1.54. The quantitative estimate of drug-likeness (QED) is 0.384. The highest BCUT2D eigenvalue weighted by molar-refractivity contribution is 7.99. The summed E-state index contributed by atoms with van der Waals surface area (Å²) in [4.78, 5) is 30.4. The van der Waals surface area contributed by atoms with E-state index in [2.05, 4.69) is 27.4 Å². The smallest absolute Gasteiger partial charge is 0.262 e. The first-order chi connectivity index (χ1) is 18.9. The molecule has 1 saturated heterocycles. The Labute approximate surface area is 241 Å². The standard InChI is InChI=1S/C27H32ClN7O2S2/c1-4-16-25(33-9-7-27(8-10-33)13-18-23(24(27)29)35(18)38-3)30-14-20(32-16)39-19-6-5-17-21(22(19)28)26(36)34(15-31-17)11-12-37-2/h5-6,14-15,24H,4,7-13,29H2,1-3H3. The third kappa shape index (κ3) is 4.61. The molecular weight excluding hydrogens is 554 g/mol. The zero-order chi connectivity index (χ0) is 27.3. The highest BCUT2D eigenvalue weighted by Crippen LogP contribution is 2.60. The van der Waals surface area contributed by atoms with E-state index >= 15 is 0 Å². The molecule has 0 radical (unpaired) electrons. The van der Waals surface area contributed by atoms with Gasteiger partial charge in [-0.2, -0.15) is 0 Å². The first-order valence-corrected chi connectivity index (χ1v) is 15.6. The van der Waals surface area contributed by atoms with Crippen molar-refractivity contribution in [3.05, 3.63) is 57.1 Å². The molecule has 4 heterocycles. The van der Waals surface area contributed by atoms with Crippen molar-refractivity contribution in [1.29, 1.82) is 0 Å². The molecule has 2 N–H and O–H groups in total. The van der Waals surface area contributed by atoms with Crippen LogP contribution in [0.25, 0.3) is 10.9 Å². The SMILES string of the molecule is CCc1nc(Sc2ccc3ncn(CCOC)c(=O)c3c2Cl)cnc1N1CCC2(CC1)CC1=C(C2N)N1SC. The molecule has 1 fully saturated rings. The second kappa shape index (κ2) is 10.6. The molecule has 1 atom stereocenters. The number of hydrogen-bond donors (Lipinski definition) is 1. The molecule has 0 saturated carbocycles. The average Bonchev–Trinajstić information content (AvgIpc) is 3.57. The number of benzene rings is 1. The molecule has 1 unspecified atom stereocenters. The average molecular weight is 586 g/mol. The molecule has 12 heteroatoms. The highest BCUT2D eigenvalue weighted by atomic mass is 35.5. The molecule has 0 bridgehead atoms. The van der Waals surface area contributed by atoms with E-state index in [1.165, 1.54) is 34.1 Å². The summed E-state index contributed by atoms with van der Waals surface area (Å²) in [6, 6.07) is 3.85. The van der Waals surface area contributed by atoms with Crippen LogP contribution in [0.2, 0.25) is 5.02 Å². The van der Waals surface area contributed by atoms with Gasteiger partial charge in [-0.15, -0.1) is 0 Å². The number of methoxy groups -OCH3 is 1. The monoisotopic (exact) mass is 585 g/mol. The zero-order valence-corrected chi connectivity index (χ0v) is 24.7. The minimum absolute atomic E-state index is 0.142. The van der Waals surface area contributed by atoms with Gasteiger partial charge < -0.3 is 15.4 Å². The lowest BCUT2D eigenvalue weighted by molar-refractivity contribution is 0.183. The Morgan fingerprint density at radius 2 is 2.05 bits per heavy atom. The Bertz CT molecular complexity index is 1520. The van der Waals surface area contributed by atoms with Crippen LogP contribution >= 0.6 is 35.3 Å². The number of aromatic nitrogens is 4. The number of nitrogens with zero attached hydrogens (tertiary/aromatic N) is 6. The number of nitrogens with two attached hydrogens (primary N) is 1. The molecule has 6 rings (SSSR count). The van der Waals surface area contributed by atoms with Crippen LogP contribution in [0.1, 0.15) is 31.9 Å². The van der Waals surface area contributed by atoms with Gasteiger partial charge in [0, 0.05) is 36.8 Å². The third-order valence-corrected chi connectivity index (χ3v) is 10.5. The number of anilines is 1. The fourth-order valence-corrected chi connectivity index (χ4v) is 7.86. The van der Waals surface area contributed by atoms with Gasteiger partial charge in [-0.3, -0.25) is 13.7 Å². The van der Waals surface area contributed by atoms with E-state index < -0.39 is 0 Å². The van der Waals surface area contributed by atoms with E-state index in [1.807, 2.05) is 18.3 Å². The summed E-state index contributed by atoms with van der Waals surface area (Å²) in [6.07, 6.45) is 9.45. The fraction of sp³-hybridized carbons (Fsp3) is 0.481. The van der Waals surface area contributed by atoms with Crippen LogP contribution in [-0.4, -0.2) is 62.9 Å². The minimum atomic E-state index is -0.180. The Hall–Kier alpha value is -2.31. The number of halogens is 1. The Morgan fingerprint density at radius 1 is 1.26 bits per heavy atom. The van der Waals surface area contributed by atoms with Crippen LogP contribution < -0.4 is 16.2 Å². The van der Waals surface area contributed by atoms with Gasteiger partial charge in [0.05, 0.1) is 64.7 Å². The number of rotatable bonds is 8. The van der Waals surface area contributed by atoms with Crippen LogP contribution in [-0.2, 0) is 17.7 Å². The predicted molar refractivity (Wildman–Crippen MR) is 157 cm³/mol. The highest BCUT2D eigenvalue weighted by Gasteiger charge is 2.57. The lowest BCUT2D eigenvalue weighted by Gasteiger charge is -2.44. The van der Waals surface area contributed by atoms with Crippen LogP contribution in [0.5, 0.6) is 0 Å². The molecule has 1 aromatic carbocycles. The molecular formula is C27H32ClN7O2S2. The van der Waals surface area contributed by atoms with Crippen molar-refractivity contribution in [1.82, 2.24) is 23.8 Å². The summed E-state index contributed by atoms with van der Waals surface area (Å²) >= 11 is 9.93. The lowest BCUT2D eigenvalue weighted by atomic mass is 9.72. The predicted octanol–water partition coefficient (Wildman–Crippen LogP) is 4.32. The molecule has 9 nitrogen and oxygen atoms in total. The van der Waals surface area contributed by atoms with Crippen molar-refractivity contribution in [3.63, 3.8) is 0 Å². The van der Waals surface area contributed by atoms with Gasteiger partial charge in [-0.05, 0) is 49.8 Å². The van der Waals surface area contributed by atoms with Gasteiger partial charge >= 0.3 is 0 Å². The zero-order valence-electron chi connectivity index (χ0n) is 22.3. The summed E-state index contributed by atoms with van der Waals surface area (Å²) in [5.41, 5.74) is 11.1. The second-order valence-corrected chi connectivity index (χ2v) is 12.4. The minimum Gasteiger partial charge on any atom is -0.383 e. The molecule has 206 valence electrons. The maximum absolute atomic E-state index is 13.1. The van der Waals surface area contributed by atoms with Gasteiger partial charge in [0.25, 0.3) is 5.56 Å². The van der Waals surface area contributed by atoms with E-state index in [0.29, 0.717) is 29.1 Å². The maximum Gasteiger partial charge on any atom is 0.262 e. The third-order valence-electron chi connectivity index (χ3n) is 8.21. The molecule has 39 heavy (non-hydrogen) atoms. The van der Waals surface area contributed by atoms with Crippen LogP contribution in [0.3, 0.4) is 0 Å². The lowest BCUT2D eigenvalue weighted by Crippen LogP contribution is -2.50. The molecule has 1 spiro atoms. The van der Waals surface area contributed by atoms with Crippen molar-refractivity contribution in [2.75, 3.05) is 38.0 Å². The van der Waals surface area contributed by atoms with Gasteiger partial charge in [-0.1, -0.05) is 30.3 Å². The molecule has 3 aliphatic rings. The van der Waals surface area contributed by atoms with Crippen molar-refractivity contribution in [2.45, 2.75) is 55.1 Å². The fourth-order valence-electron chi connectivity index (χ4n) is 5.94. The number of aryl methyl sites for hydroxylation is 1. The van der Waals surface area contributed by atoms with Gasteiger partial charge in [0.15, 0.2) is 0 Å². The van der Waals surface area contributed by atoms with Gasteiger partial charge in [-0.25, -0.2) is 15.0 Å². The van der Waals surface area contributed by atoms with Crippen molar-refractivity contribution >= 4 is 52.0 Å². The summed E-state index contributed by atoms with van der Waals surface area (Å²) in [7, 11) is 1.60. The van der Waals surface area contributed by atoms with E-state index in [1.54, 1.807) is 19.1 Å². The van der Waals surface area contributed by atoms with Crippen molar-refractivity contribution < 1.29 is 4.74 Å². The van der Waals surface area contributed by atoms with Gasteiger partial charge in [0.2, 0.25) is 0 Å². The molecule has 1 aliphatic carbocycles. The number of piperidine rings is 2. The first kappa shape index (κ1) is 26.9. The molecule has 3 aromatic rings. The molecule has 2 aromatic heterocycles. The number of ether oxygens (including phenoxy) is 1. The van der Waals surface area contributed by atoms with E-state index in [0.717, 1.165) is 60.2 Å². The Balaban J connectivity index is 1.19. The van der Waals surface area contributed by atoms with Crippen LogP contribution in [0.4, 0.5) is 5.82 Å². The largest absolute Gasteiger partial charge is 0.383 e. The van der Waals surface area contributed by atoms with Crippen molar-refractivity contribution in [3.8, 4) is 0 Å². The Morgan fingerprint density at radius 3 is 2.72 bits per heavy atom. The normalized spacial score (nSPS) is 19.9. The second-order valence-electron chi connectivity index (χ2n) is 10.3. The summed E-state index contributed by atoms with van der Waals surface area (Å²) in [6.45, 7) is 4.80. The van der Waals surface area contributed by atoms with Crippen molar-refractivity contribution in [2.24, 2.45) is 11.1 Å². The van der Waals surface area contributed by atoms with Crippen LogP contribution in [0.15, 0.2) is 50.8 Å². The molecule has 0 amide bonds. The molecule has 2 aliphatic heterocycles. The number of allylic oxidation sites excluding steroid dienone is 1. The van der Waals surface area contributed by atoms with Gasteiger partial charge in [0.1, 0.15) is 10.8 Å². The topological polar surface area (TPSA) is 102 Å². The van der Waals surface area contributed by atoms with E-state index in [4.69, 9.17) is 32.0 Å². The Kier molecular flexibility index (Phi) is 7.30. The number of hydrogen-bond acceptors (Lipinski definition) is 10. The number of fused-ring (bicyclic) bond motifs is 1.